The number of hydrogen-bond donors (Lipinski definition) is 2. The molecule has 1 aliphatic heterocycles. The molecular formula is C22H33N5O2. The smallest absolute Gasteiger partial charge is 0.224 e. The van der Waals surface area contributed by atoms with Gasteiger partial charge >= 0.3 is 0 Å². The fourth-order valence-electron chi connectivity index (χ4n) is 5.09. The molecule has 1 saturated heterocycles. The Hall–Kier alpha value is -2.18. The molecule has 2 N–H and O–H groups in total. The molecule has 3 fully saturated rings. The predicted molar refractivity (Wildman–Crippen MR) is 113 cm³/mol. The van der Waals surface area contributed by atoms with Crippen LogP contribution in [0.5, 0.6) is 0 Å². The molecule has 0 spiro atoms. The maximum Gasteiger partial charge on any atom is 0.224 e. The van der Waals surface area contributed by atoms with Gasteiger partial charge < -0.3 is 10.6 Å². The van der Waals surface area contributed by atoms with Crippen LogP contribution in [0.1, 0.15) is 76.7 Å². The van der Waals surface area contributed by atoms with E-state index in [1.807, 2.05) is 11.1 Å². The van der Waals surface area contributed by atoms with E-state index in [2.05, 4.69) is 22.5 Å². The summed E-state index contributed by atoms with van der Waals surface area (Å²) < 4.78 is 0. The molecule has 3 aliphatic rings. The van der Waals surface area contributed by atoms with Gasteiger partial charge in [0.2, 0.25) is 18.3 Å². The van der Waals surface area contributed by atoms with Gasteiger partial charge in [-0.2, -0.15) is 4.98 Å². The van der Waals surface area contributed by atoms with Crippen molar-refractivity contribution in [3.8, 4) is 0 Å². The minimum absolute atomic E-state index is 0.0676. The van der Waals surface area contributed by atoms with E-state index in [-0.39, 0.29) is 17.4 Å². The Morgan fingerprint density at radius 2 is 2.03 bits per heavy atom. The molecule has 2 saturated carbocycles. The maximum atomic E-state index is 12.2. The Balaban J connectivity index is 1.64. The van der Waals surface area contributed by atoms with Crippen LogP contribution in [0.4, 0.5) is 11.8 Å². The van der Waals surface area contributed by atoms with Crippen molar-refractivity contribution in [2.45, 2.75) is 89.1 Å². The summed E-state index contributed by atoms with van der Waals surface area (Å²) in [5.41, 5.74) is 0.748. The second kappa shape index (κ2) is 8.67. The van der Waals surface area contributed by atoms with Gasteiger partial charge in [0.25, 0.3) is 0 Å². The number of aromatic nitrogens is 2. The van der Waals surface area contributed by atoms with E-state index < -0.39 is 0 Å². The van der Waals surface area contributed by atoms with Crippen molar-refractivity contribution in [1.82, 2.24) is 15.3 Å². The summed E-state index contributed by atoms with van der Waals surface area (Å²) in [6, 6.07) is 0.400. The molecule has 2 amide bonds. The first-order valence-electron chi connectivity index (χ1n) is 11.3. The van der Waals surface area contributed by atoms with Gasteiger partial charge in [0.15, 0.2) is 0 Å². The molecule has 1 atom stereocenters. The van der Waals surface area contributed by atoms with Crippen molar-refractivity contribution in [2.24, 2.45) is 5.92 Å². The lowest BCUT2D eigenvalue weighted by molar-refractivity contribution is -0.122. The van der Waals surface area contributed by atoms with Gasteiger partial charge in [-0.3, -0.25) is 14.5 Å². The standard InChI is InChI=1S/C22H33N5O2/c1-2-22(10-6-11-22)27(15-28)19-17(13-16-9-12-23-20(16)29)14-24-21(26-19)25-18-7-4-3-5-8-18/h14-16,18H,2-13H2,1H3,(H,23,29)(H,24,25,26)/t16-/m0/s1. The van der Waals surface area contributed by atoms with Crippen molar-refractivity contribution in [3.63, 3.8) is 0 Å². The Morgan fingerprint density at radius 3 is 2.62 bits per heavy atom. The zero-order chi connectivity index (χ0) is 20.3. The largest absolute Gasteiger partial charge is 0.356 e. The summed E-state index contributed by atoms with van der Waals surface area (Å²) in [7, 11) is 0. The number of anilines is 2. The van der Waals surface area contributed by atoms with Gasteiger partial charge in [-0.05, 0) is 51.4 Å². The van der Waals surface area contributed by atoms with Crippen LogP contribution in [0.2, 0.25) is 0 Å². The van der Waals surface area contributed by atoms with E-state index in [4.69, 9.17) is 4.98 Å². The minimum atomic E-state index is -0.148. The lowest BCUT2D eigenvalue weighted by atomic mass is 9.73. The summed E-state index contributed by atoms with van der Waals surface area (Å²) in [6.45, 7) is 2.86. The molecule has 2 aliphatic carbocycles. The van der Waals surface area contributed by atoms with Gasteiger partial charge in [-0.15, -0.1) is 0 Å². The predicted octanol–water partition coefficient (Wildman–Crippen LogP) is 3.20. The van der Waals surface area contributed by atoms with Gasteiger partial charge in [-0.25, -0.2) is 4.98 Å². The third kappa shape index (κ3) is 4.09. The molecule has 0 radical (unpaired) electrons. The molecule has 7 nitrogen and oxygen atoms in total. The number of hydrogen-bond acceptors (Lipinski definition) is 5. The zero-order valence-electron chi connectivity index (χ0n) is 17.5. The molecule has 0 bridgehead atoms. The van der Waals surface area contributed by atoms with Crippen molar-refractivity contribution in [1.29, 1.82) is 0 Å². The van der Waals surface area contributed by atoms with Crippen LogP contribution in [0.3, 0.4) is 0 Å². The van der Waals surface area contributed by atoms with E-state index in [1.165, 1.54) is 19.3 Å². The third-order valence-electron chi connectivity index (χ3n) is 7.20. The minimum Gasteiger partial charge on any atom is -0.356 e. The van der Waals surface area contributed by atoms with Crippen molar-refractivity contribution in [3.05, 3.63) is 11.8 Å². The van der Waals surface area contributed by atoms with Gasteiger partial charge in [0.05, 0.1) is 0 Å². The van der Waals surface area contributed by atoms with Crippen LogP contribution in [-0.4, -0.2) is 40.4 Å². The Bertz CT molecular complexity index is 737. The first-order valence-corrected chi connectivity index (χ1v) is 11.3. The zero-order valence-corrected chi connectivity index (χ0v) is 17.5. The number of amides is 2. The monoisotopic (exact) mass is 399 g/mol. The number of carbonyl (C=O) groups is 2. The van der Waals surface area contributed by atoms with E-state index >= 15 is 0 Å². The first-order chi connectivity index (χ1) is 14.1. The molecule has 7 heteroatoms. The van der Waals surface area contributed by atoms with Crippen molar-refractivity contribution < 1.29 is 9.59 Å². The number of nitrogens with zero attached hydrogens (tertiary/aromatic N) is 3. The second-order valence-corrected chi connectivity index (χ2v) is 8.91. The normalized spacial score (nSPS) is 23.9. The van der Waals surface area contributed by atoms with E-state index in [9.17, 15) is 9.59 Å². The fraction of sp³-hybridized carbons (Fsp3) is 0.727. The van der Waals surface area contributed by atoms with E-state index in [0.717, 1.165) is 63.5 Å². The van der Waals surface area contributed by atoms with Crippen LogP contribution in [0.25, 0.3) is 0 Å². The summed E-state index contributed by atoms with van der Waals surface area (Å²) in [5, 5.41) is 6.40. The molecule has 4 rings (SSSR count). The molecule has 1 aromatic rings. The van der Waals surface area contributed by atoms with Crippen LogP contribution in [0, 0.1) is 5.92 Å². The molecule has 2 heterocycles. The Kier molecular flexibility index (Phi) is 6.01. The SMILES string of the molecule is CCC1(N(C=O)c2nc(NC3CCCCC3)ncc2C[C@@H]2CCNC2=O)CCC1. The first kappa shape index (κ1) is 20.1. The second-order valence-electron chi connectivity index (χ2n) is 8.91. The molecule has 1 aromatic heterocycles. The van der Waals surface area contributed by atoms with Gasteiger partial charge in [0, 0.05) is 35.8 Å². The van der Waals surface area contributed by atoms with Crippen LogP contribution in [-0.2, 0) is 16.0 Å². The lowest BCUT2D eigenvalue weighted by Gasteiger charge is -2.48. The highest BCUT2D eigenvalue weighted by molar-refractivity contribution is 5.82. The van der Waals surface area contributed by atoms with Gasteiger partial charge in [-0.1, -0.05) is 26.2 Å². The lowest BCUT2D eigenvalue weighted by Crippen LogP contribution is -2.53. The number of rotatable bonds is 8. The number of carbonyl (C=O) groups excluding carboxylic acids is 2. The van der Waals surface area contributed by atoms with Crippen LogP contribution in [0.15, 0.2) is 6.20 Å². The van der Waals surface area contributed by atoms with E-state index in [0.29, 0.717) is 24.2 Å². The molecule has 29 heavy (non-hydrogen) atoms. The average Bonchev–Trinajstić information content (AvgIpc) is 3.11. The summed E-state index contributed by atoms with van der Waals surface area (Å²) in [6.07, 6.45) is 14.3. The highest BCUT2D eigenvalue weighted by Crippen LogP contribution is 2.43. The Morgan fingerprint density at radius 1 is 1.24 bits per heavy atom. The van der Waals surface area contributed by atoms with E-state index in [1.54, 1.807) is 0 Å². The highest BCUT2D eigenvalue weighted by atomic mass is 16.2. The van der Waals surface area contributed by atoms with Gasteiger partial charge in [0.1, 0.15) is 5.82 Å². The molecule has 158 valence electrons. The number of nitrogens with one attached hydrogen (secondary N) is 2. The summed E-state index contributed by atoms with van der Waals surface area (Å²) in [5.74, 6) is 1.31. The quantitative estimate of drug-likeness (QED) is 0.656. The maximum absolute atomic E-state index is 12.2. The Labute approximate surface area is 173 Å². The average molecular weight is 400 g/mol. The fourth-order valence-corrected chi connectivity index (χ4v) is 5.09. The highest BCUT2D eigenvalue weighted by Gasteiger charge is 2.43. The topological polar surface area (TPSA) is 87.2 Å². The molecule has 0 unspecified atom stereocenters. The molecular weight excluding hydrogens is 366 g/mol. The summed E-state index contributed by atoms with van der Waals surface area (Å²) >= 11 is 0. The summed E-state index contributed by atoms with van der Waals surface area (Å²) in [4.78, 5) is 35.6. The van der Waals surface area contributed by atoms with Crippen molar-refractivity contribution >= 4 is 24.1 Å². The van der Waals surface area contributed by atoms with Crippen molar-refractivity contribution in [2.75, 3.05) is 16.8 Å². The molecule has 0 aromatic carbocycles. The van der Waals surface area contributed by atoms with Crippen LogP contribution < -0.4 is 15.5 Å². The third-order valence-corrected chi connectivity index (χ3v) is 7.20. The van der Waals surface area contributed by atoms with Crippen LogP contribution >= 0.6 is 0 Å².